The lowest BCUT2D eigenvalue weighted by atomic mass is 10.0. The number of carbonyl (C=O) groups is 1. The fourth-order valence-corrected chi connectivity index (χ4v) is 5.53. The van der Waals surface area contributed by atoms with Crippen molar-refractivity contribution >= 4 is 17.7 Å². The average molecular weight is 573 g/mol. The molecule has 0 aliphatic heterocycles. The molecule has 0 aliphatic rings. The Bertz CT molecular complexity index is 1670. The summed E-state index contributed by atoms with van der Waals surface area (Å²) in [5.74, 6) is 0.856. The topological polar surface area (TPSA) is 91.8 Å². The van der Waals surface area contributed by atoms with Crippen LogP contribution in [0.2, 0.25) is 0 Å². The third-order valence-corrected chi connectivity index (χ3v) is 8.06. The van der Waals surface area contributed by atoms with Gasteiger partial charge in [-0.3, -0.25) is 0 Å². The first-order valence-electron chi connectivity index (χ1n) is 14.1. The normalized spacial score (nSPS) is 10.9. The Labute approximate surface area is 250 Å². The van der Waals surface area contributed by atoms with E-state index in [1.807, 2.05) is 41.1 Å². The van der Waals surface area contributed by atoms with Crippen LogP contribution in [-0.4, -0.2) is 25.8 Å². The van der Waals surface area contributed by atoms with Gasteiger partial charge in [0.05, 0.1) is 23.7 Å². The molecule has 1 aromatic heterocycles. The van der Waals surface area contributed by atoms with Gasteiger partial charge in [0.15, 0.2) is 0 Å². The smallest absolute Gasteiger partial charge is 0.335 e. The summed E-state index contributed by atoms with van der Waals surface area (Å²) in [5, 5.41) is 23.8. The van der Waals surface area contributed by atoms with Crippen LogP contribution in [0.15, 0.2) is 102 Å². The Morgan fingerprint density at radius 3 is 1.90 bits per heavy atom. The molecule has 1 heterocycles. The van der Waals surface area contributed by atoms with Crippen LogP contribution in [0, 0.1) is 11.3 Å². The molecule has 0 saturated carbocycles. The predicted molar refractivity (Wildman–Crippen MR) is 167 cm³/mol. The van der Waals surface area contributed by atoms with Gasteiger partial charge in [-0.1, -0.05) is 104 Å². The second kappa shape index (κ2) is 13.8. The molecule has 210 valence electrons. The van der Waals surface area contributed by atoms with E-state index in [1.165, 1.54) is 12.0 Å². The summed E-state index contributed by atoms with van der Waals surface area (Å²) >= 11 is 1.64. The number of hydrogen-bond donors (Lipinski definition) is 1. The third-order valence-electron chi connectivity index (χ3n) is 7.15. The molecule has 0 unspecified atom stereocenters. The molecular weight excluding hydrogens is 540 g/mol. The molecule has 5 rings (SSSR count). The number of rotatable bonds is 12. The van der Waals surface area contributed by atoms with Crippen molar-refractivity contribution in [3.05, 3.63) is 125 Å². The monoisotopic (exact) mass is 572 g/mol. The molecule has 0 radical (unpaired) electrons. The lowest BCUT2D eigenvalue weighted by molar-refractivity contribution is 0.0697. The Hall–Kier alpha value is -4.67. The highest BCUT2D eigenvalue weighted by Gasteiger charge is 2.12. The fraction of sp³-hybridized carbons (Fsp3) is 0.200. The molecule has 4 aromatic carbocycles. The number of unbranched alkanes of at least 4 members (excludes halogenated alkanes) is 2. The zero-order valence-electron chi connectivity index (χ0n) is 23.5. The van der Waals surface area contributed by atoms with Crippen molar-refractivity contribution in [2.75, 3.05) is 0 Å². The molecule has 0 saturated heterocycles. The van der Waals surface area contributed by atoms with Gasteiger partial charge in [0.2, 0.25) is 5.16 Å². The van der Waals surface area contributed by atoms with Crippen LogP contribution in [0.4, 0.5) is 0 Å². The van der Waals surface area contributed by atoms with Crippen molar-refractivity contribution in [2.45, 2.75) is 50.1 Å². The van der Waals surface area contributed by atoms with E-state index in [4.69, 9.17) is 20.5 Å². The molecule has 1 N–H and O–H groups in total. The van der Waals surface area contributed by atoms with Crippen molar-refractivity contribution in [2.24, 2.45) is 0 Å². The summed E-state index contributed by atoms with van der Waals surface area (Å²) in [6, 6.07) is 33.6. The molecule has 0 bridgehead atoms. The minimum atomic E-state index is -0.920. The van der Waals surface area contributed by atoms with E-state index in [0.29, 0.717) is 12.1 Å². The minimum Gasteiger partial charge on any atom is -0.478 e. The van der Waals surface area contributed by atoms with E-state index >= 15 is 0 Å². The number of aryl methyl sites for hydroxylation is 1. The van der Waals surface area contributed by atoms with E-state index in [0.717, 1.165) is 63.8 Å². The second-order valence-electron chi connectivity index (χ2n) is 10.2. The van der Waals surface area contributed by atoms with Gasteiger partial charge in [-0.25, -0.2) is 14.5 Å². The van der Waals surface area contributed by atoms with Crippen molar-refractivity contribution in [3.8, 4) is 28.3 Å². The summed E-state index contributed by atoms with van der Waals surface area (Å²) in [5.41, 5.74) is 7.52. The van der Waals surface area contributed by atoms with E-state index in [2.05, 4.69) is 61.5 Å². The molecule has 0 atom stereocenters. The number of carboxylic acids is 1. The van der Waals surface area contributed by atoms with Crippen LogP contribution in [0.5, 0.6) is 0 Å². The van der Waals surface area contributed by atoms with Gasteiger partial charge in [0.1, 0.15) is 5.82 Å². The fourth-order valence-electron chi connectivity index (χ4n) is 4.72. The molecule has 0 fully saturated rings. The number of aromatic nitrogens is 3. The maximum Gasteiger partial charge on any atom is 0.335 e. The summed E-state index contributed by atoms with van der Waals surface area (Å²) in [4.78, 5) is 16.0. The molecular formula is C35H32N4O2S. The van der Waals surface area contributed by atoms with Gasteiger partial charge in [0.25, 0.3) is 0 Å². The van der Waals surface area contributed by atoms with Gasteiger partial charge in [-0.15, -0.1) is 5.10 Å². The van der Waals surface area contributed by atoms with Crippen molar-refractivity contribution in [3.63, 3.8) is 0 Å². The van der Waals surface area contributed by atoms with Crippen molar-refractivity contribution in [1.29, 1.82) is 5.26 Å². The average Bonchev–Trinajstić information content (AvgIpc) is 3.42. The van der Waals surface area contributed by atoms with Crippen LogP contribution in [-0.2, 0) is 18.7 Å². The molecule has 7 heteroatoms. The Balaban J connectivity index is 1.25. The van der Waals surface area contributed by atoms with Crippen LogP contribution in [0.25, 0.3) is 22.3 Å². The lowest BCUT2D eigenvalue weighted by Gasteiger charge is -2.08. The first-order valence-corrected chi connectivity index (χ1v) is 15.1. The van der Waals surface area contributed by atoms with Gasteiger partial charge >= 0.3 is 5.97 Å². The number of hydrogen-bond acceptors (Lipinski definition) is 5. The summed E-state index contributed by atoms with van der Waals surface area (Å²) in [6.45, 7) is 2.87. The summed E-state index contributed by atoms with van der Waals surface area (Å²) < 4.78 is 2.04. The Kier molecular flexibility index (Phi) is 9.48. The van der Waals surface area contributed by atoms with Crippen LogP contribution >= 0.6 is 11.8 Å². The standard InChI is InChI=1S/C35H32N4O2S/c1-2-3-4-5-33-37-35(42-24-27-10-16-30(17-11-27)31-18-20-32(21-19-31)34(40)41)38-39(33)23-26-8-14-29(15-9-26)28-12-6-25(22-36)7-13-28/h6-21H,2-5,23-24H2,1H3,(H,40,41). The zero-order chi connectivity index (χ0) is 29.3. The number of carboxylic acid groups (broad SMARTS) is 1. The number of benzene rings is 4. The van der Waals surface area contributed by atoms with E-state index < -0.39 is 5.97 Å². The van der Waals surface area contributed by atoms with Crippen molar-refractivity contribution in [1.82, 2.24) is 14.8 Å². The van der Waals surface area contributed by atoms with Gasteiger partial charge in [-0.05, 0) is 64.1 Å². The minimum absolute atomic E-state index is 0.285. The third kappa shape index (κ3) is 7.34. The largest absolute Gasteiger partial charge is 0.478 e. The highest BCUT2D eigenvalue weighted by Crippen LogP contribution is 2.25. The number of thioether (sulfide) groups is 1. The molecule has 0 aliphatic carbocycles. The summed E-state index contributed by atoms with van der Waals surface area (Å²) in [7, 11) is 0. The van der Waals surface area contributed by atoms with Gasteiger partial charge < -0.3 is 5.11 Å². The van der Waals surface area contributed by atoms with Gasteiger partial charge in [-0.2, -0.15) is 5.26 Å². The second-order valence-corrected chi connectivity index (χ2v) is 11.1. The maximum absolute atomic E-state index is 11.1. The van der Waals surface area contributed by atoms with Crippen molar-refractivity contribution < 1.29 is 9.90 Å². The maximum atomic E-state index is 11.1. The number of aromatic carboxylic acids is 1. The predicted octanol–water partition coefficient (Wildman–Crippen LogP) is 8.26. The Morgan fingerprint density at radius 1 is 0.810 bits per heavy atom. The van der Waals surface area contributed by atoms with Crippen LogP contribution in [0.1, 0.15) is 59.1 Å². The summed E-state index contributed by atoms with van der Waals surface area (Å²) in [6.07, 6.45) is 4.32. The van der Waals surface area contributed by atoms with Crippen LogP contribution < -0.4 is 0 Å². The highest BCUT2D eigenvalue weighted by atomic mass is 32.2. The van der Waals surface area contributed by atoms with E-state index in [-0.39, 0.29) is 5.56 Å². The quantitative estimate of drug-likeness (QED) is 0.120. The number of nitriles is 1. The lowest BCUT2D eigenvalue weighted by Crippen LogP contribution is -2.07. The zero-order valence-corrected chi connectivity index (χ0v) is 24.3. The molecule has 6 nitrogen and oxygen atoms in total. The van der Waals surface area contributed by atoms with E-state index in [9.17, 15) is 4.79 Å². The van der Waals surface area contributed by atoms with Crippen LogP contribution in [0.3, 0.4) is 0 Å². The Morgan fingerprint density at radius 2 is 1.36 bits per heavy atom. The SMILES string of the molecule is CCCCCc1nc(SCc2ccc(-c3ccc(C(=O)O)cc3)cc2)nn1Cc1ccc(-c2ccc(C#N)cc2)cc1. The molecule has 0 spiro atoms. The molecule has 5 aromatic rings. The first-order chi connectivity index (χ1) is 20.5. The first kappa shape index (κ1) is 28.8. The highest BCUT2D eigenvalue weighted by molar-refractivity contribution is 7.98. The van der Waals surface area contributed by atoms with Gasteiger partial charge in [0, 0.05) is 12.2 Å². The molecule has 42 heavy (non-hydrogen) atoms. The molecule has 0 amide bonds. The number of nitrogens with zero attached hydrogens (tertiary/aromatic N) is 4. The van der Waals surface area contributed by atoms with E-state index in [1.54, 1.807) is 23.9 Å².